The first-order valence-corrected chi connectivity index (χ1v) is 3.73. The molecule has 4 heteroatoms. The molecule has 4 nitrogen and oxygen atoms in total. The van der Waals surface area contributed by atoms with E-state index in [0.717, 1.165) is 0 Å². The molecule has 1 aromatic carbocycles. The summed E-state index contributed by atoms with van der Waals surface area (Å²) in [4.78, 5) is 10.3. The van der Waals surface area contributed by atoms with Gasteiger partial charge in [0.2, 0.25) is 6.79 Å². The zero-order chi connectivity index (χ0) is 9.68. The summed E-state index contributed by atoms with van der Waals surface area (Å²) in [7, 11) is 0. The lowest BCUT2D eigenvalue weighted by Crippen LogP contribution is -2.06. The normalized spacial score (nSPS) is 9.31. The molecule has 0 aliphatic rings. The van der Waals surface area contributed by atoms with Gasteiger partial charge in [-0.3, -0.25) is 4.79 Å². The van der Waals surface area contributed by atoms with E-state index in [1.807, 2.05) is 0 Å². The van der Waals surface area contributed by atoms with E-state index in [0.29, 0.717) is 5.75 Å². The summed E-state index contributed by atoms with van der Waals surface area (Å²) < 4.78 is 9.57. The number of hydrogen-bond acceptors (Lipinski definition) is 4. The SMILES string of the molecule is CC(=O)OCOc1ccc(O)cc1. The van der Waals surface area contributed by atoms with Crippen LogP contribution in [0.3, 0.4) is 0 Å². The van der Waals surface area contributed by atoms with Gasteiger partial charge in [0, 0.05) is 6.92 Å². The van der Waals surface area contributed by atoms with Crippen molar-refractivity contribution in [1.29, 1.82) is 0 Å². The molecule has 0 amide bonds. The minimum atomic E-state index is -0.390. The van der Waals surface area contributed by atoms with Crippen molar-refractivity contribution in [3.8, 4) is 11.5 Å². The second kappa shape index (κ2) is 4.35. The van der Waals surface area contributed by atoms with Crippen molar-refractivity contribution in [2.45, 2.75) is 6.92 Å². The van der Waals surface area contributed by atoms with Crippen molar-refractivity contribution in [2.24, 2.45) is 0 Å². The molecule has 0 aromatic heterocycles. The number of rotatable bonds is 3. The summed E-state index contributed by atoms with van der Waals surface area (Å²) in [6.07, 6.45) is 0. The molecule has 0 bridgehead atoms. The van der Waals surface area contributed by atoms with Gasteiger partial charge in [0.15, 0.2) is 0 Å². The van der Waals surface area contributed by atoms with Gasteiger partial charge in [-0.1, -0.05) is 0 Å². The van der Waals surface area contributed by atoms with Crippen LogP contribution < -0.4 is 4.74 Å². The molecule has 0 unspecified atom stereocenters. The molecule has 0 radical (unpaired) electrons. The third-order valence-electron chi connectivity index (χ3n) is 1.32. The largest absolute Gasteiger partial charge is 0.508 e. The van der Waals surface area contributed by atoms with Gasteiger partial charge >= 0.3 is 5.97 Å². The van der Waals surface area contributed by atoms with Gasteiger partial charge < -0.3 is 14.6 Å². The Balaban J connectivity index is 2.37. The van der Waals surface area contributed by atoms with Crippen LogP contribution in [0.2, 0.25) is 0 Å². The lowest BCUT2D eigenvalue weighted by Gasteiger charge is -2.04. The van der Waals surface area contributed by atoms with E-state index in [1.165, 1.54) is 19.1 Å². The fraction of sp³-hybridized carbons (Fsp3) is 0.222. The molecule has 0 atom stereocenters. The van der Waals surface area contributed by atoms with Gasteiger partial charge in [-0.25, -0.2) is 0 Å². The van der Waals surface area contributed by atoms with Crippen molar-refractivity contribution < 1.29 is 19.4 Å². The Morgan fingerprint density at radius 3 is 2.54 bits per heavy atom. The molecule has 1 aromatic rings. The second-order valence-electron chi connectivity index (χ2n) is 2.39. The Kier molecular flexibility index (Phi) is 3.14. The van der Waals surface area contributed by atoms with Gasteiger partial charge in [0.1, 0.15) is 11.5 Å². The summed E-state index contributed by atoms with van der Waals surface area (Å²) in [5, 5.41) is 8.93. The summed E-state index contributed by atoms with van der Waals surface area (Å²) >= 11 is 0. The average Bonchev–Trinajstić information content (AvgIpc) is 2.08. The fourth-order valence-electron chi connectivity index (χ4n) is 0.723. The molecule has 70 valence electrons. The number of benzene rings is 1. The minimum Gasteiger partial charge on any atom is -0.508 e. The maximum atomic E-state index is 10.3. The Morgan fingerprint density at radius 1 is 1.38 bits per heavy atom. The molecule has 0 aliphatic heterocycles. The van der Waals surface area contributed by atoms with E-state index in [9.17, 15) is 4.79 Å². The van der Waals surface area contributed by atoms with Crippen LogP contribution in [0.15, 0.2) is 24.3 Å². The van der Waals surface area contributed by atoms with Crippen LogP contribution in [-0.4, -0.2) is 17.9 Å². The standard InChI is InChI=1S/C9H10O4/c1-7(10)12-6-13-9-4-2-8(11)3-5-9/h2-5,11H,6H2,1H3. The highest BCUT2D eigenvalue weighted by Crippen LogP contribution is 2.15. The minimum absolute atomic E-state index is 0.111. The number of carbonyl (C=O) groups excluding carboxylic acids is 1. The first-order valence-electron chi connectivity index (χ1n) is 3.73. The van der Waals surface area contributed by atoms with E-state index >= 15 is 0 Å². The monoisotopic (exact) mass is 182 g/mol. The van der Waals surface area contributed by atoms with E-state index in [-0.39, 0.29) is 12.5 Å². The van der Waals surface area contributed by atoms with Crippen LogP contribution >= 0.6 is 0 Å². The highest BCUT2D eigenvalue weighted by molar-refractivity contribution is 5.65. The summed E-state index contributed by atoms with van der Waals surface area (Å²) in [6, 6.07) is 6.14. The van der Waals surface area contributed by atoms with Gasteiger partial charge in [-0.2, -0.15) is 0 Å². The smallest absolute Gasteiger partial charge is 0.305 e. The van der Waals surface area contributed by atoms with Crippen molar-refractivity contribution in [3.63, 3.8) is 0 Å². The molecule has 1 N–H and O–H groups in total. The number of carbonyl (C=O) groups is 1. The first kappa shape index (κ1) is 9.38. The third-order valence-corrected chi connectivity index (χ3v) is 1.32. The van der Waals surface area contributed by atoms with Gasteiger partial charge in [0.05, 0.1) is 0 Å². The highest BCUT2D eigenvalue weighted by Gasteiger charge is 1.95. The number of phenolic OH excluding ortho intramolecular Hbond substituents is 1. The molecular formula is C9H10O4. The van der Waals surface area contributed by atoms with Crippen molar-refractivity contribution in [1.82, 2.24) is 0 Å². The van der Waals surface area contributed by atoms with Gasteiger partial charge in [0.25, 0.3) is 0 Å². The fourth-order valence-corrected chi connectivity index (χ4v) is 0.723. The molecule has 0 aliphatic carbocycles. The molecule has 0 heterocycles. The van der Waals surface area contributed by atoms with E-state index in [4.69, 9.17) is 9.84 Å². The summed E-state index contributed by atoms with van der Waals surface area (Å²) in [5.41, 5.74) is 0. The third kappa shape index (κ3) is 3.46. The van der Waals surface area contributed by atoms with Crippen molar-refractivity contribution >= 4 is 5.97 Å². The van der Waals surface area contributed by atoms with Crippen molar-refractivity contribution in [2.75, 3.05) is 6.79 Å². The van der Waals surface area contributed by atoms with Crippen LogP contribution in [0.5, 0.6) is 11.5 Å². The lowest BCUT2D eigenvalue weighted by molar-refractivity contribution is -0.147. The summed E-state index contributed by atoms with van der Waals surface area (Å²) in [6.45, 7) is 1.19. The molecular weight excluding hydrogens is 172 g/mol. The zero-order valence-electron chi connectivity index (χ0n) is 7.19. The molecule has 0 fully saturated rings. The van der Waals surface area contributed by atoms with Crippen LogP contribution in [0, 0.1) is 0 Å². The Hall–Kier alpha value is -1.71. The number of aromatic hydroxyl groups is 1. The number of esters is 1. The van der Waals surface area contributed by atoms with Crippen LogP contribution in [0.4, 0.5) is 0 Å². The van der Waals surface area contributed by atoms with E-state index in [2.05, 4.69) is 4.74 Å². The summed E-state index contributed by atoms with van der Waals surface area (Å²) in [5.74, 6) is 0.317. The molecule has 0 spiro atoms. The Bertz CT molecular complexity index is 278. The Morgan fingerprint density at radius 2 is 2.00 bits per heavy atom. The second-order valence-corrected chi connectivity index (χ2v) is 2.39. The van der Waals surface area contributed by atoms with Gasteiger partial charge in [-0.15, -0.1) is 0 Å². The number of hydrogen-bond donors (Lipinski definition) is 1. The first-order chi connectivity index (χ1) is 6.18. The zero-order valence-corrected chi connectivity index (χ0v) is 7.19. The van der Waals surface area contributed by atoms with Crippen LogP contribution in [0.1, 0.15) is 6.92 Å². The van der Waals surface area contributed by atoms with E-state index in [1.54, 1.807) is 12.1 Å². The molecule has 13 heavy (non-hydrogen) atoms. The predicted octanol–water partition coefficient (Wildman–Crippen LogP) is 1.29. The number of ether oxygens (including phenoxy) is 2. The maximum Gasteiger partial charge on any atom is 0.305 e. The average molecular weight is 182 g/mol. The van der Waals surface area contributed by atoms with E-state index < -0.39 is 5.97 Å². The van der Waals surface area contributed by atoms with Gasteiger partial charge in [-0.05, 0) is 24.3 Å². The van der Waals surface area contributed by atoms with Crippen molar-refractivity contribution in [3.05, 3.63) is 24.3 Å². The van der Waals surface area contributed by atoms with Crippen LogP contribution in [-0.2, 0) is 9.53 Å². The quantitative estimate of drug-likeness (QED) is 0.565. The van der Waals surface area contributed by atoms with Crippen LogP contribution in [0.25, 0.3) is 0 Å². The Labute approximate surface area is 75.7 Å². The molecule has 1 rings (SSSR count). The number of phenols is 1. The predicted molar refractivity (Wildman–Crippen MR) is 45.4 cm³/mol. The highest BCUT2D eigenvalue weighted by atomic mass is 16.7. The topological polar surface area (TPSA) is 55.8 Å². The molecule has 0 saturated heterocycles. The lowest BCUT2D eigenvalue weighted by atomic mass is 10.3. The molecule has 0 saturated carbocycles. The maximum absolute atomic E-state index is 10.3.